The lowest BCUT2D eigenvalue weighted by Gasteiger charge is -2.38. The maximum Gasteiger partial charge on any atom is 0.243 e. The van der Waals surface area contributed by atoms with Gasteiger partial charge in [0.1, 0.15) is 0 Å². The molecule has 1 N–H and O–H groups in total. The Morgan fingerprint density at radius 3 is 2.16 bits per heavy atom. The molecular formula is C24H37N3O4S. The van der Waals surface area contributed by atoms with E-state index >= 15 is 0 Å². The molecule has 0 bridgehead atoms. The molecule has 0 radical (unpaired) electrons. The summed E-state index contributed by atoms with van der Waals surface area (Å²) in [6.45, 7) is 11.4. The van der Waals surface area contributed by atoms with Gasteiger partial charge in [-0.25, -0.2) is 8.42 Å². The van der Waals surface area contributed by atoms with Crippen molar-refractivity contribution in [2.45, 2.75) is 77.7 Å². The quantitative estimate of drug-likeness (QED) is 0.727. The fourth-order valence-corrected chi connectivity index (χ4v) is 6.97. The summed E-state index contributed by atoms with van der Waals surface area (Å²) in [7, 11) is -3.61. The van der Waals surface area contributed by atoms with E-state index in [1.54, 1.807) is 4.31 Å². The summed E-state index contributed by atoms with van der Waals surface area (Å²) < 4.78 is 28.5. The van der Waals surface area contributed by atoms with Gasteiger partial charge in [-0.15, -0.1) is 0 Å². The maximum atomic E-state index is 13.5. The van der Waals surface area contributed by atoms with Gasteiger partial charge in [-0.05, 0) is 75.6 Å². The van der Waals surface area contributed by atoms with E-state index in [1.165, 1.54) is 0 Å². The number of aryl methyl sites for hydroxylation is 2. The van der Waals surface area contributed by atoms with Crippen LogP contribution in [0.3, 0.4) is 0 Å². The van der Waals surface area contributed by atoms with Gasteiger partial charge in [0.15, 0.2) is 0 Å². The van der Waals surface area contributed by atoms with Crippen molar-refractivity contribution in [1.29, 1.82) is 0 Å². The first-order valence-corrected chi connectivity index (χ1v) is 13.2. The van der Waals surface area contributed by atoms with Crippen LogP contribution in [0.4, 0.5) is 0 Å². The molecule has 0 spiro atoms. The molecule has 1 aromatic carbocycles. The number of nitrogens with zero attached hydrogens (tertiary/aromatic N) is 2. The Hall–Kier alpha value is -1.93. The monoisotopic (exact) mass is 463 g/mol. The Kier molecular flexibility index (Phi) is 7.65. The van der Waals surface area contributed by atoms with Crippen LogP contribution < -0.4 is 5.32 Å². The van der Waals surface area contributed by atoms with Crippen LogP contribution in [-0.4, -0.2) is 61.7 Å². The van der Waals surface area contributed by atoms with Crippen molar-refractivity contribution in [2.24, 2.45) is 5.92 Å². The number of likely N-dealkylation sites (tertiary alicyclic amines) is 1. The van der Waals surface area contributed by atoms with Crippen LogP contribution in [0.5, 0.6) is 0 Å². The van der Waals surface area contributed by atoms with Crippen LogP contribution in [-0.2, 0) is 19.6 Å². The highest BCUT2D eigenvalue weighted by Gasteiger charge is 2.36. The molecule has 2 amide bonds. The van der Waals surface area contributed by atoms with Crippen molar-refractivity contribution < 1.29 is 18.0 Å². The zero-order valence-corrected chi connectivity index (χ0v) is 20.8. The average molecular weight is 464 g/mol. The summed E-state index contributed by atoms with van der Waals surface area (Å²) in [5, 5.41) is 3.00. The molecule has 1 atom stereocenters. The number of benzene rings is 1. The molecule has 2 saturated heterocycles. The van der Waals surface area contributed by atoms with Gasteiger partial charge < -0.3 is 10.2 Å². The number of amides is 2. The first-order valence-electron chi connectivity index (χ1n) is 11.7. The third-order valence-electron chi connectivity index (χ3n) is 7.12. The molecule has 2 aliphatic rings. The van der Waals surface area contributed by atoms with Gasteiger partial charge in [-0.2, -0.15) is 4.31 Å². The van der Waals surface area contributed by atoms with E-state index in [0.717, 1.165) is 35.1 Å². The minimum atomic E-state index is -3.61. The Morgan fingerprint density at radius 2 is 1.59 bits per heavy atom. The number of hydrogen-bond acceptors (Lipinski definition) is 4. The van der Waals surface area contributed by atoms with E-state index in [9.17, 15) is 18.0 Å². The molecule has 0 saturated carbocycles. The second-order valence-corrected chi connectivity index (χ2v) is 11.2. The number of rotatable bonds is 5. The largest absolute Gasteiger partial charge is 0.352 e. The van der Waals surface area contributed by atoms with Crippen molar-refractivity contribution >= 4 is 21.8 Å². The minimum absolute atomic E-state index is 0.0103. The van der Waals surface area contributed by atoms with Gasteiger partial charge in [0.05, 0.1) is 4.90 Å². The summed E-state index contributed by atoms with van der Waals surface area (Å²) in [6.07, 6.45) is 3.27. The lowest BCUT2D eigenvalue weighted by atomic mass is 9.95. The maximum absolute atomic E-state index is 13.5. The molecule has 3 rings (SSSR count). The van der Waals surface area contributed by atoms with E-state index in [4.69, 9.17) is 0 Å². The second-order valence-electron chi connectivity index (χ2n) is 9.31. The Bertz CT molecular complexity index is 955. The number of carbonyl (C=O) groups is 2. The Labute approximate surface area is 192 Å². The molecule has 0 aromatic heterocycles. The van der Waals surface area contributed by atoms with E-state index in [0.29, 0.717) is 50.3 Å². The molecule has 1 aromatic rings. The van der Waals surface area contributed by atoms with Crippen molar-refractivity contribution in [3.05, 3.63) is 28.3 Å². The summed E-state index contributed by atoms with van der Waals surface area (Å²) in [6, 6.07) is 2.04. The molecule has 1 unspecified atom stereocenters. The normalized spacial score (nSPS) is 20.9. The molecule has 0 aliphatic carbocycles. The van der Waals surface area contributed by atoms with Crippen molar-refractivity contribution in [2.75, 3.05) is 26.2 Å². The van der Waals surface area contributed by atoms with E-state index in [2.05, 4.69) is 5.32 Å². The van der Waals surface area contributed by atoms with Crippen LogP contribution in [0, 0.1) is 33.6 Å². The lowest BCUT2D eigenvalue weighted by molar-refractivity contribution is -0.138. The lowest BCUT2D eigenvalue weighted by Crippen LogP contribution is -2.52. The Balaban J connectivity index is 1.66. The summed E-state index contributed by atoms with van der Waals surface area (Å²) in [4.78, 5) is 27.1. The molecule has 2 fully saturated rings. The minimum Gasteiger partial charge on any atom is -0.352 e. The predicted molar refractivity (Wildman–Crippen MR) is 125 cm³/mol. The summed E-state index contributed by atoms with van der Waals surface area (Å²) >= 11 is 0. The van der Waals surface area contributed by atoms with Gasteiger partial charge in [-0.1, -0.05) is 13.0 Å². The highest BCUT2D eigenvalue weighted by atomic mass is 32.2. The smallest absolute Gasteiger partial charge is 0.243 e. The topological polar surface area (TPSA) is 86.8 Å². The van der Waals surface area contributed by atoms with Gasteiger partial charge in [0.2, 0.25) is 21.8 Å². The van der Waals surface area contributed by atoms with Crippen molar-refractivity contribution in [1.82, 2.24) is 14.5 Å². The number of hydrogen-bond donors (Lipinski definition) is 1. The van der Waals surface area contributed by atoms with Crippen LogP contribution >= 0.6 is 0 Å². The van der Waals surface area contributed by atoms with Gasteiger partial charge in [-0.3, -0.25) is 9.59 Å². The third-order valence-corrected chi connectivity index (χ3v) is 9.29. The molecule has 2 heterocycles. The molecule has 8 heteroatoms. The fraction of sp³-hybridized carbons (Fsp3) is 0.667. The summed E-state index contributed by atoms with van der Waals surface area (Å²) in [5.41, 5.74) is 3.57. The van der Waals surface area contributed by atoms with Crippen LogP contribution in [0.15, 0.2) is 11.0 Å². The number of sulfonamides is 1. The van der Waals surface area contributed by atoms with Crippen molar-refractivity contribution in [3.63, 3.8) is 0 Å². The van der Waals surface area contributed by atoms with Gasteiger partial charge in [0.25, 0.3) is 0 Å². The standard InChI is InChI=1S/C24H37N3O4S/c1-6-22(28)25-21-8-7-11-26(15-21)24(29)20-9-12-27(13-10-20)32(30,31)23-18(4)16(2)14-17(3)19(23)5/h14,20-21H,6-13,15H2,1-5H3,(H,25,28). The van der Waals surface area contributed by atoms with Gasteiger partial charge in [0, 0.05) is 44.6 Å². The molecular weight excluding hydrogens is 426 g/mol. The molecule has 7 nitrogen and oxygen atoms in total. The first kappa shape index (κ1) is 24.7. The number of carbonyl (C=O) groups excluding carboxylic acids is 2. The van der Waals surface area contributed by atoms with E-state index in [1.807, 2.05) is 45.6 Å². The summed E-state index contributed by atoms with van der Waals surface area (Å²) in [5.74, 6) is -0.0560. The van der Waals surface area contributed by atoms with Gasteiger partial charge >= 0.3 is 0 Å². The molecule has 2 aliphatic heterocycles. The average Bonchev–Trinajstić information content (AvgIpc) is 2.77. The Morgan fingerprint density at radius 1 is 1.00 bits per heavy atom. The first-order chi connectivity index (χ1) is 15.1. The number of nitrogens with one attached hydrogen (secondary N) is 1. The van der Waals surface area contributed by atoms with Crippen molar-refractivity contribution in [3.8, 4) is 0 Å². The third kappa shape index (κ3) is 5.01. The van der Waals surface area contributed by atoms with E-state index in [-0.39, 0.29) is 23.8 Å². The zero-order chi connectivity index (χ0) is 23.6. The fourth-order valence-electron chi connectivity index (χ4n) is 4.92. The van der Waals surface area contributed by atoms with Crippen LogP contribution in [0.2, 0.25) is 0 Å². The molecule has 32 heavy (non-hydrogen) atoms. The predicted octanol–water partition coefficient (Wildman–Crippen LogP) is 2.84. The van der Waals surface area contributed by atoms with Crippen LogP contribution in [0.1, 0.15) is 61.3 Å². The van der Waals surface area contributed by atoms with Crippen LogP contribution in [0.25, 0.3) is 0 Å². The second kappa shape index (κ2) is 9.91. The molecule has 178 valence electrons. The highest BCUT2D eigenvalue weighted by Crippen LogP contribution is 2.31. The SMILES string of the molecule is CCC(=O)NC1CCCN(C(=O)C2CCN(S(=O)(=O)c3c(C)c(C)cc(C)c3C)CC2)C1. The number of piperidine rings is 2. The zero-order valence-electron chi connectivity index (χ0n) is 20.0. The van der Waals surface area contributed by atoms with E-state index < -0.39 is 10.0 Å². The highest BCUT2D eigenvalue weighted by molar-refractivity contribution is 7.89.